The zero-order valence-electron chi connectivity index (χ0n) is 13.0. The van der Waals surface area contributed by atoms with Crippen molar-refractivity contribution in [2.75, 3.05) is 6.54 Å². The van der Waals surface area contributed by atoms with Crippen LogP contribution >= 0.6 is 0 Å². The summed E-state index contributed by atoms with van der Waals surface area (Å²) in [5, 5.41) is 7.91. The van der Waals surface area contributed by atoms with E-state index in [2.05, 4.69) is 40.3 Å². The first-order chi connectivity index (χ1) is 9.52. The third-order valence-electron chi connectivity index (χ3n) is 3.26. The molecular formula is C15H23N5. The van der Waals surface area contributed by atoms with Crippen LogP contribution in [-0.2, 0) is 6.54 Å². The largest absolute Gasteiger partial charge is 0.313 e. The van der Waals surface area contributed by atoms with E-state index in [1.54, 1.807) is 0 Å². The number of hydrogen-bond acceptors (Lipinski definition) is 4. The molecule has 0 aliphatic rings. The van der Waals surface area contributed by atoms with E-state index in [9.17, 15) is 0 Å². The Kier molecular flexibility index (Phi) is 4.49. The summed E-state index contributed by atoms with van der Waals surface area (Å²) in [6.07, 6.45) is 1.12. The van der Waals surface area contributed by atoms with Crippen molar-refractivity contribution < 1.29 is 0 Å². The Bertz CT molecular complexity index is 601. The Morgan fingerprint density at radius 3 is 2.50 bits per heavy atom. The van der Waals surface area contributed by atoms with E-state index in [4.69, 9.17) is 0 Å². The number of nitrogens with zero attached hydrogens (tertiary/aromatic N) is 4. The van der Waals surface area contributed by atoms with Gasteiger partial charge in [-0.15, -0.1) is 5.10 Å². The topological polar surface area (TPSA) is 55.6 Å². The van der Waals surface area contributed by atoms with Crippen molar-refractivity contribution in [1.82, 2.24) is 25.1 Å². The molecule has 0 aromatic carbocycles. The quantitative estimate of drug-likeness (QED) is 0.850. The van der Waals surface area contributed by atoms with Crippen molar-refractivity contribution >= 4 is 0 Å². The normalized spacial score (nSPS) is 11.1. The van der Waals surface area contributed by atoms with Crippen LogP contribution in [0.2, 0.25) is 0 Å². The summed E-state index contributed by atoms with van der Waals surface area (Å²) in [6.45, 7) is 12.0. The smallest absolute Gasteiger partial charge is 0.160 e. The van der Waals surface area contributed by atoms with Gasteiger partial charge in [-0.1, -0.05) is 6.92 Å². The molecule has 0 bridgehead atoms. The van der Waals surface area contributed by atoms with Crippen molar-refractivity contribution in [3.8, 4) is 5.82 Å². The third kappa shape index (κ3) is 3.04. The first kappa shape index (κ1) is 14.7. The molecule has 20 heavy (non-hydrogen) atoms. The zero-order chi connectivity index (χ0) is 14.7. The lowest BCUT2D eigenvalue weighted by atomic mass is 10.1. The highest BCUT2D eigenvalue weighted by molar-refractivity contribution is 5.41. The van der Waals surface area contributed by atoms with E-state index < -0.39 is 0 Å². The van der Waals surface area contributed by atoms with E-state index in [1.807, 2.05) is 25.5 Å². The highest BCUT2D eigenvalue weighted by Crippen LogP contribution is 2.18. The van der Waals surface area contributed by atoms with Gasteiger partial charge in [-0.25, -0.2) is 9.97 Å². The van der Waals surface area contributed by atoms with E-state index >= 15 is 0 Å². The Morgan fingerprint density at radius 2 is 1.90 bits per heavy atom. The summed E-state index contributed by atoms with van der Waals surface area (Å²) in [5.41, 5.74) is 3.44. The number of aromatic nitrogens is 4. The lowest BCUT2D eigenvalue weighted by Crippen LogP contribution is -2.18. The van der Waals surface area contributed by atoms with Crippen LogP contribution in [0, 0.1) is 27.7 Å². The Balaban J connectivity index is 2.47. The fraction of sp³-hybridized carbons (Fsp3) is 0.533. The fourth-order valence-electron chi connectivity index (χ4n) is 2.35. The van der Waals surface area contributed by atoms with Crippen molar-refractivity contribution in [3.05, 3.63) is 34.5 Å². The molecule has 0 amide bonds. The first-order valence-electron chi connectivity index (χ1n) is 7.11. The van der Waals surface area contributed by atoms with Crippen LogP contribution in [0.15, 0.2) is 6.07 Å². The summed E-state index contributed by atoms with van der Waals surface area (Å²) in [6, 6.07) is 2.12. The summed E-state index contributed by atoms with van der Waals surface area (Å²) in [5.74, 6) is 2.54. The van der Waals surface area contributed by atoms with E-state index in [-0.39, 0.29) is 0 Å². The van der Waals surface area contributed by atoms with Gasteiger partial charge in [0.15, 0.2) is 5.82 Å². The summed E-state index contributed by atoms with van der Waals surface area (Å²) < 4.78 is 1.85. The second kappa shape index (κ2) is 6.13. The lowest BCUT2D eigenvalue weighted by Gasteiger charge is -2.14. The van der Waals surface area contributed by atoms with E-state index in [0.29, 0.717) is 0 Å². The van der Waals surface area contributed by atoms with Crippen molar-refractivity contribution in [3.63, 3.8) is 0 Å². The maximum atomic E-state index is 4.68. The molecule has 2 aromatic heterocycles. The summed E-state index contributed by atoms with van der Waals surface area (Å²) in [7, 11) is 0. The monoisotopic (exact) mass is 273 g/mol. The molecule has 0 aliphatic heterocycles. The molecule has 0 unspecified atom stereocenters. The van der Waals surface area contributed by atoms with Crippen molar-refractivity contribution in [2.24, 2.45) is 0 Å². The Labute approximate surface area is 120 Å². The maximum Gasteiger partial charge on any atom is 0.160 e. The van der Waals surface area contributed by atoms with E-state index in [0.717, 1.165) is 42.7 Å². The minimum atomic E-state index is 0.774. The van der Waals surface area contributed by atoms with Crippen molar-refractivity contribution in [2.45, 2.75) is 47.6 Å². The average molecular weight is 273 g/mol. The number of nitrogens with one attached hydrogen (secondary N) is 1. The van der Waals surface area contributed by atoms with Crippen LogP contribution in [-0.4, -0.2) is 26.3 Å². The van der Waals surface area contributed by atoms with Gasteiger partial charge in [0.1, 0.15) is 11.6 Å². The molecule has 0 atom stereocenters. The van der Waals surface area contributed by atoms with Gasteiger partial charge in [0.05, 0.1) is 0 Å². The van der Waals surface area contributed by atoms with Gasteiger partial charge in [0.2, 0.25) is 0 Å². The molecule has 0 radical (unpaired) electrons. The molecule has 2 rings (SSSR count). The van der Waals surface area contributed by atoms with Gasteiger partial charge in [0.25, 0.3) is 0 Å². The Hall–Kier alpha value is -1.75. The Morgan fingerprint density at radius 1 is 1.15 bits per heavy atom. The lowest BCUT2D eigenvalue weighted by molar-refractivity contribution is 0.661. The van der Waals surface area contributed by atoms with Crippen LogP contribution in [0.5, 0.6) is 0 Å². The van der Waals surface area contributed by atoms with Crippen LogP contribution in [0.1, 0.15) is 41.8 Å². The molecule has 0 saturated heterocycles. The predicted molar refractivity (Wildman–Crippen MR) is 80.1 cm³/mol. The van der Waals surface area contributed by atoms with Gasteiger partial charge >= 0.3 is 0 Å². The number of hydrogen-bond donors (Lipinski definition) is 1. The molecule has 2 aromatic rings. The SMILES string of the molecule is CCCNCc1c(C)cc(C)nc1-n1nc(C)nc1C. The second-order valence-electron chi connectivity index (χ2n) is 5.18. The summed E-state index contributed by atoms with van der Waals surface area (Å²) in [4.78, 5) is 9.05. The van der Waals surface area contributed by atoms with Crippen LogP contribution < -0.4 is 5.32 Å². The highest BCUT2D eigenvalue weighted by Gasteiger charge is 2.14. The molecule has 0 saturated carbocycles. The van der Waals surface area contributed by atoms with E-state index in [1.165, 1.54) is 11.1 Å². The van der Waals surface area contributed by atoms with Gasteiger partial charge in [-0.05, 0) is 52.3 Å². The van der Waals surface area contributed by atoms with Gasteiger partial charge in [0, 0.05) is 17.8 Å². The first-order valence-corrected chi connectivity index (χ1v) is 7.11. The molecule has 0 spiro atoms. The van der Waals surface area contributed by atoms with Crippen LogP contribution in [0.4, 0.5) is 0 Å². The van der Waals surface area contributed by atoms with Gasteiger partial charge in [-0.3, -0.25) is 0 Å². The molecule has 1 N–H and O–H groups in total. The highest BCUT2D eigenvalue weighted by atomic mass is 15.4. The predicted octanol–water partition coefficient (Wildman–Crippen LogP) is 2.40. The van der Waals surface area contributed by atoms with Gasteiger partial charge in [-0.2, -0.15) is 4.68 Å². The molecular weight excluding hydrogens is 250 g/mol. The van der Waals surface area contributed by atoms with Crippen molar-refractivity contribution in [1.29, 1.82) is 0 Å². The molecule has 0 aliphatic carbocycles. The molecule has 2 heterocycles. The summed E-state index contributed by atoms with van der Waals surface area (Å²) >= 11 is 0. The third-order valence-corrected chi connectivity index (χ3v) is 3.26. The van der Waals surface area contributed by atoms with Crippen LogP contribution in [0.3, 0.4) is 0 Å². The minimum absolute atomic E-state index is 0.774. The molecule has 0 fully saturated rings. The molecule has 5 heteroatoms. The molecule has 108 valence electrons. The standard InChI is InChI=1S/C15H23N5/c1-6-7-16-9-14-10(2)8-11(3)17-15(14)20-13(5)18-12(4)19-20/h8,16H,6-7,9H2,1-5H3. The fourth-order valence-corrected chi connectivity index (χ4v) is 2.35. The second-order valence-corrected chi connectivity index (χ2v) is 5.18. The van der Waals surface area contributed by atoms with Gasteiger partial charge < -0.3 is 5.32 Å². The number of pyridine rings is 1. The zero-order valence-corrected chi connectivity index (χ0v) is 13.0. The molecule has 5 nitrogen and oxygen atoms in total. The number of aryl methyl sites for hydroxylation is 4. The maximum absolute atomic E-state index is 4.68. The minimum Gasteiger partial charge on any atom is -0.313 e. The average Bonchev–Trinajstić information content (AvgIpc) is 2.70. The number of rotatable bonds is 5. The van der Waals surface area contributed by atoms with Crippen LogP contribution in [0.25, 0.3) is 5.82 Å².